The SMILES string of the molecule is CCNC(CC)(CO)CCCOc1ccc(C)cc1. The third kappa shape index (κ3) is 5.21. The number of ether oxygens (including phenoxy) is 1. The van der Waals surface area contributed by atoms with Crippen LogP contribution in [-0.4, -0.2) is 30.4 Å². The van der Waals surface area contributed by atoms with E-state index in [0.717, 1.165) is 31.6 Å². The summed E-state index contributed by atoms with van der Waals surface area (Å²) in [5, 5.41) is 12.9. The van der Waals surface area contributed by atoms with Gasteiger partial charge in [0.15, 0.2) is 0 Å². The molecule has 0 aromatic heterocycles. The fourth-order valence-corrected chi connectivity index (χ4v) is 2.25. The highest BCUT2D eigenvalue weighted by molar-refractivity contribution is 5.26. The number of aryl methyl sites for hydroxylation is 1. The van der Waals surface area contributed by atoms with Gasteiger partial charge < -0.3 is 15.2 Å². The number of aliphatic hydroxyl groups excluding tert-OH is 1. The summed E-state index contributed by atoms with van der Waals surface area (Å²) < 4.78 is 5.71. The molecule has 3 nitrogen and oxygen atoms in total. The van der Waals surface area contributed by atoms with Crippen LogP contribution in [0.5, 0.6) is 5.75 Å². The van der Waals surface area contributed by atoms with E-state index in [1.54, 1.807) is 0 Å². The average Bonchev–Trinajstić information content (AvgIpc) is 2.44. The van der Waals surface area contributed by atoms with Crippen molar-refractivity contribution in [2.45, 2.75) is 45.6 Å². The topological polar surface area (TPSA) is 41.5 Å². The molecule has 0 aliphatic heterocycles. The molecule has 108 valence electrons. The zero-order chi connectivity index (χ0) is 14.1. The van der Waals surface area contributed by atoms with Gasteiger partial charge in [-0.2, -0.15) is 0 Å². The van der Waals surface area contributed by atoms with Gasteiger partial charge >= 0.3 is 0 Å². The minimum atomic E-state index is -0.147. The maximum absolute atomic E-state index is 9.55. The van der Waals surface area contributed by atoms with Crippen molar-refractivity contribution in [2.24, 2.45) is 0 Å². The third-order valence-electron chi connectivity index (χ3n) is 3.62. The lowest BCUT2D eigenvalue weighted by Crippen LogP contribution is -2.48. The molecule has 0 spiro atoms. The van der Waals surface area contributed by atoms with Crippen LogP contribution in [0.15, 0.2) is 24.3 Å². The summed E-state index contributed by atoms with van der Waals surface area (Å²) in [6.07, 6.45) is 2.80. The highest BCUT2D eigenvalue weighted by Gasteiger charge is 2.25. The fraction of sp³-hybridized carbons (Fsp3) is 0.625. The minimum absolute atomic E-state index is 0.147. The van der Waals surface area contributed by atoms with Crippen LogP contribution in [0, 0.1) is 6.92 Å². The number of benzene rings is 1. The highest BCUT2D eigenvalue weighted by Crippen LogP contribution is 2.18. The van der Waals surface area contributed by atoms with Gasteiger partial charge in [0.25, 0.3) is 0 Å². The minimum Gasteiger partial charge on any atom is -0.494 e. The van der Waals surface area contributed by atoms with Gasteiger partial charge in [-0.05, 0) is 44.9 Å². The molecule has 1 aromatic carbocycles. The van der Waals surface area contributed by atoms with Crippen molar-refractivity contribution in [3.8, 4) is 5.75 Å². The molecule has 1 aromatic rings. The lowest BCUT2D eigenvalue weighted by molar-refractivity contribution is 0.139. The maximum atomic E-state index is 9.55. The molecule has 0 fully saturated rings. The molecule has 1 atom stereocenters. The summed E-state index contributed by atoms with van der Waals surface area (Å²) in [6.45, 7) is 8.00. The first-order valence-corrected chi connectivity index (χ1v) is 7.21. The Labute approximate surface area is 117 Å². The fourth-order valence-electron chi connectivity index (χ4n) is 2.25. The number of hydrogen-bond acceptors (Lipinski definition) is 3. The van der Waals surface area contributed by atoms with Crippen LogP contribution < -0.4 is 10.1 Å². The number of likely N-dealkylation sites (N-methyl/N-ethyl adjacent to an activating group) is 1. The van der Waals surface area contributed by atoms with Gasteiger partial charge in [0.05, 0.1) is 13.2 Å². The second-order valence-corrected chi connectivity index (χ2v) is 5.09. The molecule has 0 aliphatic carbocycles. The first-order chi connectivity index (χ1) is 9.15. The van der Waals surface area contributed by atoms with E-state index in [1.807, 2.05) is 12.1 Å². The van der Waals surface area contributed by atoms with Gasteiger partial charge in [-0.1, -0.05) is 31.5 Å². The van der Waals surface area contributed by atoms with Gasteiger partial charge in [0, 0.05) is 5.54 Å². The number of rotatable bonds is 9. The molecule has 0 amide bonds. The van der Waals surface area contributed by atoms with Crippen LogP contribution in [-0.2, 0) is 0 Å². The van der Waals surface area contributed by atoms with E-state index in [2.05, 4.69) is 38.2 Å². The van der Waals surface area contributed by atoms with E-state index in [4.69, 9.17) is 4.74 Å². The van der Waals surface area contributed by atoms with Crippen LogP contribution in [0.3, 0.4) is 0 Å². The summed E-state index contributed by atoms with van der Waals surface area (Å²) in [5.74, 6) is 0.917. The molecule has 3 heteroatoms. The van der Waals surface area contributed by atoms with Crippen LogP contribution in [0.4, 0.5) is 0 Å². The van der Waals surface area contributed by atoms with Gasteiger partial charge in [-0.15, -0.1) is 0 Å². The van der Waals surface area contributed by atoms with E-state index in [0.29, 0.717) is 6.61 Å². The average molecular weight is 265 g/mol. The molecule has 19 heavy (non-hydrogen) atoms. The van der Waals surface area contributed by atoms with Crippen LogP contribution in [0.1, 0.15) is 38.7 Å². The van der Waals surface area contributed by atoms with Gasteiger partial charge in [-0.25, -0.2) is 0 Å². The maximum Gasteiger partial charge on any atom is 0.119 e. The Morgan fingerprint density at radius 3 is 2.42 bits per heavy atom. The molecule has 0 bridgehead atoms. The van der Waals surface area contributed by atoms with Crippen molar-refractivity contribution in [3.05, 3.63) is 29.8 Å². The normalized spacial score (nSPS) is 14.1. The Morgan fingerprint density at radius 2 is 1.89 bits per heavy atom. The lowest BCUT2D eigenvalue weighted by Gasteiger charge is -2.31. The quantitative estimate of drug-likeness (QED) is 0.675. The lowest BCUT2D eigenvalue weighted by atomic mass is 9.91. The Balaban J connectivity index is 2.34. The summed E-state index contributed by atoms with van der Waals surface area (Å²) >= 11 is 0. The van der Waals surface area contributed by atoms with Gasteiger partial charge in [-0.3, -0.25) is 0 Å². The summed E-state index contributed by atoms with van der Waals surface area (Å²) in [5.41, 5.74) is 1.09. The Kier molecular flexibility index (Phi) is 6.89. The van der Waals surface area contributed by atoms with Crippen molar-refractivity contribution < 1.29 is 9.84 Å². The van der Waals surface area contributed by atoms with Crippen molar-refractivity contribution in [1.29, 1.82) is 0 Å². The van der Waals surface area contributed by atoms with Crippen molar-refractivity contribution in [1.82, 2.24) is 5.32 Å². The van der Waals surface area contributed by atoms with Crippen molar-refractivity contribution in [3.63, 3.8) is 0 Å². The van der Waals surface area contributed by atoms with E-state index in [1.165, 1.54) is 5.56 Å². The highest BCUT2D eigenvalue weighted by atomic mass is 16.5. The predicted molar refractivity (Wildman–Crippen MR) is 79.7 cm³/mol. The molecule has 0 saturated carbocycles. The molecular formula is C16H27NO2. The van der Waals surface area contributed by atoms with E-state index in [9.17, 15) is 5.11 Å². The second kappa shape index (κ2) is 8.18. The van der Waals surface area contributed by atoms with Gasteiger partial charge in [0.1, 0.15) is 5.75 Å². The van der Waals surface area contributed by atoms with Crippen LogP contribution in [0.2, 0.25) is 0 Å². The Morgan fingerprint density at radius 1 is 1.21 bits per heavy atom. The summed E-state index contributed by atoms with van der Waals surface area (Å²) in [6, 6.07) is 8.10. The summed E-state index contributed by atoms with van der Waals surface area (Å²) in [4.78, 5) is 0. The zero-order valence-corrected chi connectivity index (χ0v) is 12.4. The van der Waals surface area contributed by atoms with Crippen molar-refractivity contribution in [2.75, 3.05) is 19.8 Å². The first-order valence-electron chi connectivity index (χ1n) is 7.21. The van der Waals surface area contributed by atoms with Crippen LogP contribution in [0.25, 0.3) is 0 Å². The van der Waals surface area contributed by atoms with Crippen LogP contribution >= 0.6 is 0 Å². The van der Waals surface area contributed by atoms with E-state index in [-0.39, 0.29) is 12.1 Å². The monoisotopic (exact) mass is 265 g/mol. The third-order valence-corrected chi connectivity index (χ3v) is 3.62. The molecule has 1 rings (SSSR count). The smallest absolute Gasteiger partial charge is 0.119 e. The number of aliphatic hydroxyl groups is 1. The number of hydrogen-bond donors (Lipinski definition) is 2. The molecule has 0 radical (unpaired) electrons. The Hall–Kier alpha value is -1.06. The van der Waals surface area contributed by atoms with E-state index < -0.39 is 0 Å². The zero-order valence-electron chi connectivity index (χ0n) is 12.4. The first kappa shape index (κ1) is 16.0. The summed E-state index contributed by atoms with van der Waals surface area (Å²) in [7, 11) is 0. The molecule has 2 N–H and O–H groups in total. The molecule has 1 unspecified atom stereocenters. The molecule has 0 heterocycles. The Bertz CT molecular complexity index is 344. The second-order valence-electron chi connectivity index (χ2n) is 5.09. The molecule has 0 aliphatic rings. The largest absolute Gasteiger partial charge is 0.494 e. The molecular weight excluding hydrogens is 238 g/mol. The van der Waals surface area contributed by atoms with Crippen molar-refractivity contribution >= 4 is 0 Å². The standard InChI is InChI=1S/C16H27NO2/c1-4-16(13-18,17-5-2)11-6-12-19-15-9-7-14(3)8-10-15/h7-10,17-18H,4-6,11-13H2,1-3H3. The van der Waals surface area contributed by atoms with E-state index >= 15 is 0 Å². The van der Waals surface area contributed by atoms with Gasteiger partial charge in [0.2, 0.25) is 0 Å². The molecule has 0 saturated heterocycles. The number of nitrogens with one attached hydrogen (secondary N) is 1. The predicted octanol–water partition coefficient (Wildman–Crippen LogP) is 2.90.